The fourth-order valence-electron chi connectivity index (χ4n) is 2.06. The summed E-state index contributed by atoms with van der Waals surface area (Å²) in [6.45, 7) is 3.68. The van der Waals surface area contributed by atoms with Crippen LogP contribution in [0.25, 0.3) is 0 Å². The van der Waals surface area contributed by atoms with Crippen molar-refractivity contribution < 1.29 is 23.8 Å². The fourth-order valence-corrected chi connectivity index (χ4v) is 2.06. The van der Waals surface area contributed by atoms with Gasteiger partial charge in [-0.15, -0.1) is 0 Å². The number of hydrogen-bond donors (Lipinski definition) is 1. The molecular weight excluding hydrogens is 326 g/mol. The molecule has 1 aromatic carbocycles. The second-order valence-corrected chi connectivity index (χ2v) is 5.15. The summed E-state index contributed by atoms with van der Waals surface area (Å²) in [7, 11) is 1.58. The summed E-state index contributed by atoms with van der Waals surface area (Å²) in [6, 6.07) is 8.58. The molecule has 1 amide bonds. The predicted octanol–water partition coefficient (Wildman–Crippen LogP) is 1.78. The maximum atomic E-state index is 12.0. The van der Waals surface area contributed by atoms with Crippen LogP contribution in [0, 0.1) is 6.92 Å². The van der Waals surface area contributed by atoms with Gasteiger partial charge >= 0.3 is 5.97 Å². The molecule has 0 aliphatic heterocycles. The van der Waals surface area contributed by atoms with Crippen molar-refractivity contribution in [3.05, 3.63) is 36.0 Å². The topological polar surface area (TPSA) is 91.7 Å². The van der Waals surface area contributed by atoms with Crippen LogP contribution in [0.15, 0.2) is 30.3 Å². The molecule has 25 heavy (non-hydrogen) atoms. The van der Waals surface area contributed by atoms with E-state index in [0.29, 0.717) is 23.9 Å². The second-order valence-electron chi connectivity index (χ2n) is 5.15. The molecule has 8 nitrogen and oxygen atoms in total. The number of carbonyl (C=O) groups excluding carboxylic acids is 2. The molecule has 1 heterocycles. The number of esters is 1. The fraction of sp³-hybridized carbons (Fsp3) is 0.353. The maximum Gasteiger partial charge on any atom is 0.327 e. The van der Waals surface area contributed by atoms with Gasteiger partial charge in [-0.1, -0.05) is 0 Å². The largest absolute Gasteiger partial charge is 0.497 e. The smallest absolute Gasteiger partial charge is 0.327 e. The Bertz CT molecular complexity index is 724. The molecule has 1 aromatic heterocycles. The van der Waals surface area contributed by atoms with Gasteiger partial charge in [-0.25, -0.2) is 0 Å². The van der Waals surface area contributed by atoms with Crippen molar-refractivity contribution >= 4 is 17.7 Å². The minimum atomic E-state index is -0.380. The molecule has 0 fully saturated rings. The average Bonchev–Trinajstić information content (AvgIpc) is 2.92. The monoisotopic (exact) mass is 347 g/mol. The molecule has 0 bridgehead atoms. The van der Waals surface area contributed by atoms with Crippen LogP contribution < -0.4 is 14.8 Å². The van der Waals surface area contributed by atoms with Gasteiger partial charge in [-0.3, -0.25) is 14.3 Å². The lowest BCUT2D eigenvalue weighted by molar-refractivity contribution is -0.144. The van der Waals surface area contributed by atoms with E-state index in [1.165, 1.54) is 4.68 Å². The number of rotatable bonds is 8. The molecule has 0 atom stereocenters. The van der Waals surface area contributed by atoms with E-state index in [9.17, 15) is 9.59 Å². The summed E-state index contributed by atoms with van der Waals surface area (Å²) in [6.07, 6.45) is 0. The Hall–Kier alpha value is -3.03. The van der Waals surface area contributed by atoms with Crippen molar-refractivity contribution in [2.24, 2.45) is 0 Å². The van der Waals surface area contributed by atoms with Gasteiger partial charge in [-0.05, 0) is 38.1 Å². The number of methoxy groups -OCH3 is 1. The summed E-state index contributed by atoms with van der Waals surface area (Å²) in [5.74, 6) is 0.885. The van der Waals surface area contributed by atoms with E-state index in [1.807, 2.05) is 0 Å². The normalized spacial score (nSPS) is 10.2. The van der Waals surface area contributed by atoms with E-state index in [1.54, 1.807) is 51.3 Å². The summed E-state index contributed by atoms with van der Waals surface area (Å²) in [5.41, 5.74) is 0.736. The number of aromatic nitrogens is 2. The Morgan fingerprint density at radius 2 is 1.88 bits per heavy atom. The molecule has 2 rings (SSSR count). The summed E-state index contributed by atoms with van der Waals surface area (Å²) >= 11 is 0. The van der Waals surface area contributed by atoms with Crippen LogP contribution in [0.2, 0.25) is 0 Å². The summed E-state index contributed by atoms with van der Waals surface area (Å²) in [5, 5.41) is 6.79. The highest BCUT2D eigenvalue weighted by Gasteiger charge is 2.11. The Balaban J connectivity index is 1.86. The van der Waals surface area contributed by atoms with Crippen molar-refractivity contribution in [1.82, 2.24) is 9.78 Å². The quantitative estimate of drug-likeness (QED) is 0.732. The lowest BCUT2D eigenvalue weighted by Gasteiger charge is -2.07. The van der Waals surface area contributed by atoms with Gasteiger partial charge in [-0.2, -0.15) is 5.10 Å². The standard InChI is InChI=1S/C17H21N3O5/c1-4-24-17(22)10-20-12(2)9-15(19-20)18-16(21)11-25-14-7-5-13(23-3)6-8-14/h5-9H,4,10-11H2,1-3H3,(H,18,19,21). The number of hydrogen-bond acceptors (Lipinski definition) is 6. The number of carbonyl (C=O) groups is 2. The molecule has 0 aliphatic rings. The Kier molecular flexibility index (Phi) is 6.39. The number of aryl methyl sites for hydroxylation is 1. The maximum absolute atomic E-state index is 12.0. The average molecular weight is 347 g/mol. The molecule has 0 aliphatic carbocycles. The molecule has 0 radical (unpaired) electrons. The third-order valence-corrected chi connectivity index (χ3v) is 3.26. The molecule has 8 heteroatoms. The number of nitrogens with zero attached hydrogens (tertiary/aromatic N) is 2. The first kappa shape index (κ1) is 18.3. The number of anilines is 1. The van der Waals surface area contributed by atoms with E-state index >= 15 is 0 Å². The van der Waals surface area contributed by atoms with Crippen molar-refractivity contribution in [3.63, 3.8) is 0 Å². The van der Waals surface area contributed by atoms with E-state index in [4.69, 9.17) is 14.2 Å². The highest BCUT2D eigenvalue weighted by molar-refractivity contribution is 5.91. The van der Waals surface area contributed by atoms with Gasteiger partial charge < -0.3 is 19.5 Å². The van der Waals surface area contributed by atoms with Gasteiger partial charge in [0.1, 0.15) is 18.0 Å². The molecule has 0 spiro atoms. The van der Waals surface area contributed by atoms with Gasteiger partial charge in [0.15, 0.2) is 12.4 Å². The van der Waals surface area contributed by atoms with Crippen LogP contribution in [0.3, 0.4) is 0 Å². The van der Waals surface area contributed by atoms with Crippen molar-refractivity contribution in [2.75, 3.05) is 25.6 Å². The molecular formula is C17H21N3O5. The van der Waals surface area contributed by atoms with Gasteiger partial charge in [0.2, 0.25) is 0 Å². The van der Waals surface area contributed by atoms with Gasteiger partial charge in [0.25, 0.3) is 5.91 Å². The third kappa shape index (κ3) is 5.52. The lowest BCUT2D eigenvalue weighted by Crippen LogP contribution is -2.21. The van der Waals surface area contributed by atoms with Crippen molar-refractivity contribution in [2.45, 2.75) is 20.4 Å². The van der Waals surface area contributed by atoms with Crippen molar-refractivity contribution in [1.29, 1.82) is 0 Å². The first-order valence-electron chi connectivity index (χ1n) is 7.78. The minimum Gasteiger partial charge on any atom is -0.497 e. The van der Waals surface area contributed by atoms with Crippen LogP contribution in [0.1, 0.15) is 12.6 Å². The molecule has 0 unspecified atom stereocenters. The zero-order valence-corrected chi connectivity index (χ0v) is 14.4. The first-order valence-corrected chi connectivity index (χ1v) is 7.78. The Morgan fingerprint density at radius 3 is 2.52 bits per heavy atom. The predicted molar refractivity (Wildman–Crippen MR) is 90.7 cm³/mol. The highest BCUT2D eigenvalue weighted by atomic mass is 16.5. The van der Waals surface area contributed by atoms with Crippen molar-refractivity contribution in [3.8, 4) is 11.5 Å². The van der Waals surface area contributed by atoms with E-state index in [2.05, 4.69) is 10.4 Å². The number of amides is 1. The van der Waals surface area contributed by atoms with E-state index < -0.39 is 0 Å². The summed E-state index contributed by atoms with van der Waals surface area (Å²) in [4.78, 5) is 23.5. The molecule has 0 saturated carbocycles. The molecule has 134 valence electrons. The van der Waals surface area contributed by atoms with Crippen LogP contribution in [-0.4, -0.2) is 42.0 Å². The van der Waals surface area contributed by atoms with E-state index in [0.717, 1.165) is 5.69 Å². The number of nitrogens with one attached hydrogen (secondary N) is 1. The van der Waals surface area contributed by atoms with Crippen LogP contribution >= 0.6 is 0 Å². The lowest BCUT2D eigenvalue weighted by atomic mass is 10.3. The Morgan fingerprint density at radius 1 is 1.20 bits per heavy atom. The van der Waals surface area contributed by atoms with Crippen LogP contribution in [-0.2, 0) is 20.9 Å². The summed E-state index contributed by atoms with van der Waals surface area (Å²) < 4.78 is 16.8. The minimum absolute atomic E-state index is 0.00209. The Labute approximate surface area is 145 Å². The number of benzene rings is 1. The highest BCUT2D eigenvalue weighted by Crippen LogP contribution is 2.17. The second kappa shape index (κ2) is 8.72. The third-order valence-electron chi connectivity index (χ3n) is 3.26. The zero-order valence-electron chi connectivity index (χ0n) is 14.4. The SMILES string of the molecule is CCOC(=O)Cn1nc(NC(=O)COc2ccc(OC)cc2)cc1C. The van der Waals surface area contributed by atoms with Gasteiger partial charge in [0.05, 0.1) is 13.7 Å². The van der Waals surface area contributed by atoms with E-state index in [-0.39, 0.29) is 25.0 Å². The zero-order chi connectivity index (χ0) is 18.2. The molecule has 1 N–H and O–H groups in total. The first-order chi connectivity index (χ1) is 12.0. The number of ether oxygens (including phenoxy) is 3. The molecule has 2 aromatic rings. The van der Waals surface area contributed by atoms with Crippen LogP contribution in [0.4, 0.5) is 5.82 Å². The van der Waals surface area contributed by atoms with Gasteiger partial charge in [0, 0.05) is 11.8 Å². The van der Waals surface area contributed by atoms with Crippen LogP contribution in [0.5, 0.6) is 11.5 Å². The molecule has 0 saturated heterocycles.